The van der Waals surface area contributed by atoms with E-state index < -0.39 is 17.6 Å². The highest BCUT2D eigenvalue weighted by Crippen LogP contribution is 2.31. The molecule has 0 radical (unpaired) electrons. The van der Waals surface area contributed by atoms with Gasteiger partial charge < -0.3 is 16.8 Å². The van der Waals surface area contributed by atoms with Gasteiger partial charge in [-0.1, -0.05) is 0 Å². The first-order chi connectivity index (χ1) is 9.77. The number of nitrogens with one attached hydrogen (secondary N) is 1. The maximum Gasteiger partial charge on any atom is 0.416 e. The summed E-state index contributed by atoms with van der Waals surface area (Å²) in [5, 5.41) is 2.87. The molecule has 1 amide bonds. The van der Waals surface area contributed by atoms with Crippen LogP contribution in [0.4, 0.5) is 30.2 Å². The van der Waals surface area contributed by atoms with E-state index in [1.807, 2.05) is 0 Å². The Hall–Kier alpha value is -2.70. The lowest BCUT2D eigenvalue weighted by atomic mass is 10.1. The molecular formula is C14H12F3N3O. The molecule has 0 aliphatic heterocycles. The van der Waals surface area contributed by atoms with Gasteiger partial charge in [0, 0.05) is 11.3 Å². The molecule has 0 atom stereocenters. The largest absolute Gasteiger partial charge is 0.416 e. The Balaban J connectivity index is 2.20. The molecule has 0 aliphatic rings. The van der Waals surface area contributed by atoms with Crippen molar-refractivity contribution in [2.24, 2.45) is 5.73 Å². The number of nitrogen functional groups attached to an aromatic ring is 1. The third-order valence-corrected chi connectivity index (χ3v) is 2.83. The lowest BCUT2D eigenvalue weighted by Crippen LogP contribution is -2.11. The Morgan fingerprint density at radius 1 is 1.05 bits per heavy atom. The number of alkyl halides is 3. The summed E-state index contributed by atoms with van der Waals surface area (Å²) in [4.78, 5) is 11.0. The lowest BCUT2D eigenvalue weighted by Gasteiger charge is -2.11. The van der Waals surface area contributed by atoms with Crippen molar-refractivity contribution in [3.8, 4) is 0 Å². The average Bonchev–Trinajstić information content (AvgIpc) is 2.40. The van der Waals surface area contributed by atoms with Gasteiger partial charge in [-0.05, 0) is 42.5 Å². The summed E-state index contributed by atoms with van der Waals surface area (Å²) < 4.78 is 37.3. The summed E-state index contributed by atoms with van der Waals surface area (Å²) in [6.45, 7) is 0. The molecule has 2 aromatic rings. The van der Waals surface area contributed by atoms with Crippen molar-refractivity contribution in [3.05, 3.63) is 53.6 Å². The van der Waals surface area contributed by atoms with Gasteiger partial charge in [-0.3, -0.25) is 4.79 Å². The minimum absolute atomic E-state index is 0.255. The van der Waals surface area contributed by atoms with Gasteiger partial charge in [0.15, 0.2) is 0 Å². The predicted molar refractivity (Wildman–Crippen MR) is 74.1 cm³/mol. The monoisotopic (exact) mass is 295 g/mol. The molecule has 0 unspecified atom stereocenters. The van der Waals surface area contributed by atoms with Gasteiger partial charge in [-0.15, -0.1) is 0 Å². The topological polar surface area (TPSA) is 81.1 Å². The quantitative estimate of drug-likeness (QED) is 0.761. The van der Waals surface area contributed by atoms with E-state index in [1.165, 1.54) is 30.3 Å². The minimum atomic E-state index is -4.37. The van der Waals surface area contributed by atoms with E-state index in [0.717, 1.165) is 12.1 Å². The van der Waals surface area contributed by atoms with Crippen LogP contribution in [0.1, 0.15) is 15.9 Å². The number of anilines is 3. The van der Waals surface area contributed by atoms with E-state index in [9.17, 15) is 18.0 Å². The second-order valence-electron chi connectivity index (χ2n) is 4.37. The fourth-order valence-corrected chi connectivity index (χ4v) is 1.73. The van der Waals surface area contributed by atoms with Crippen LogP contribution >= 0.6 is 0 Å². The molecule has 4 nitrogen and oxygen atoms in total. The zero-order valence-electron chi connectivity index (χ0n) is 10.7. The van der Waals surface area contributed by atoms with E-state index in [1.54, 1.807) is 0 Å². The first-order valence-corrected chi connectivity index (χ1v) is 5.91. The Bertz CT molecular complexity index is 666. The fourth-order valence-electron chi connectivity index (χ4n) is 1.73. The van der Waals surface area contributed by atoms with Crippen LogP contribution in [0, 0.1) is 0 Å². The molecule has 110 valence electrons. The van der Waals surface area contributed by atoms with E-state index >= 15 is 0 Å². The molecular weight excluding hydrogens is 283 g/mol. The molecule has 0 aromatic heterocycles. The van der Waals surface area contributed by atoms with Crippen LogP contribution in [0.25, 0.3) is 0 Å². The van der Waals surface area contributed by atoms with Gasteiger partial charge in [-0.2, -0.15) is 13.2 Å². The molecule has 0 saturated carbocycles. The van der Waals surface area contributed by atoms with Crippen LogP contribution in [-0.4, -0.2) is 5.91 Å². The molecule has 7 heteroatoms. The third kappa shape index (κ3) is 3.44. The fraction of sp³-hybridized carbons (Fsp3) is 0.0714. The molecule has 0 fully saturated rings. The Morgan fingerprint density at radius 2 is 1.67 bits per heavy atom. The van der Waals surface area contributed by atoms with Crippen molar-refractivity contribution in [2.45, 2.75) is 6.18 Å². The highest BCUT2D eigenvalue weighted by atomic mass is 19.4. The second kappa shape index (κ2) is 5.35. The average molecular weight is 295 g/mol. The number of carbonyl (C=O) groups is 1. The first kappa shape index (κ1) is 14.7. The van der Waals surface area contributed by atoms with E-state index in [-0.39, 0.29) is 11.3 Å². The zero-order valence-corrected chi connectivity index (χ0v) is 10.7. The SMILES string of the molecule is NC(=O)c1ccc(Nc2ccc(C(F)(F)F)cc2)c(N)c1. The van der Waals surface area contributed by atoms with Gasteiger partial charge in [0.05, 0.1) is 16.9 Å². The number of rotatable bonds is 3. The summed E-state index contributed by atoms with van der Waals surface area (Å²) in [6, 6.07) is 8.94. The van der Waals surface area contributed by atoms with Crippen LogP contribution in [0.5, 0.6) is 0 Å². The number of nitrogens with two attached hydrogens (primary N) is 2. The van der Waals surface area contributed by atoms with Crippen LogP contribution in [0.15, 0.2) is 42.5 Å². The van der Waals surface area contributed by atoms with E-state index in [0.29, 0.717) is 11.4 Å². The maximum atomic E-state index is 12.4. The van der Waals surface area contributed by atoms with E-state index in [4.69, 9.17) is 11.5 Å². The summed E-state index contributed by atoms with van der Waals surface area (Å²) in [7, 11) is 0. The van der Waals surface area contributed by atoms with Crippen LogP contribution in [0.3, 0.4) is 0 Å². The molecule has 0 heterocycles. The number of benzene rings is 2. The summed E-state index contributed by atoms with van der Waals surface area (Å²) >= 11 is 0. The number of halogens is 3. The molecule has 0 bridgehead atoms. The predicted octanol–water partition coefficient (Wildman–Crippen LogP) is 3.13. The second-order valence-corrected chi connectivity index (χ2v) is 4.37. The summed E-state index contributed by atoms with van der Waals surface area (Å²) in [6.07, 6.45) is -4.37. The lowest BCUT2D eigenvalue weighted by molar-refractivity contribution is -0.137. The standard InChI is InChI=1S/C14H12F3N3O/c15-14(16,17)9-2-4-10(5-3-9)20-12-6-1-8(13(19)21)7-11(12)18/h1-7,20H,18H2,(H2,19,21). The summed E-state index contributed by atoms with van der Waals surface area (Å²) in [5.41, 5.74) is 11.6. The zero-order chi connectivity index (χ0) is 15.6. The van der Waals surface area contributed by atoms with Gasteiger partial charge in [0.2, 0.25) is 5.91 Å². The smallest absolute Gasteiger partial charge is 0.397 e. The Kier molecular flexibility index (Phi) is 3.75. The number of amides is 1. The van der Waals surface area contributed by atoms with Crippen molar-refractivity contribution in [3.63, 3.8) is 0 Å². The molecule has 21 heavy (non-hydrogen) atoms. The minimum Gasteiger partial charge on any atom is -0.397 e. The van der Waals surface area contributed by atoms with Crippen molar-refractivity contribution in [1.29, 1.82) is 0 Å². The molecule has 2 rings (SSSR count). The summed E-state index contributed by atoms with van der Waals surface area (Å²) in [5.74, 6) is -0.609. The van der Waals surface area contributed by atoms with Crippen LogP contribution in [-0.2, 0) is 6.18 Å². The highest BCUT2D eigenvalue weighted by Gasteiger charge is 2.29. The Morgan fingerprint density at radius 3 is 2.14 bits per heavy atom. The van der Waals surface area contributed by atoms with Gasteiger partial charge >= 0.3 is 6.18 Å². The molecule has 0 saturated heterocycles. The highest BCUT2D eigenvalue weighted by molar-refractivity contribution is 5.95. The molecule has 5 N–H and O–H groups in total. The van der Waals surface area contributed by atoms with Crippen molar-refractivity contribution in [2.75, 3.05) is 11.1 Å². The molecule has 2 aromatic carbocycles. The number of primary amides is 1. The maximum absolute atomic E-state index is 12.4. The number of hydrogen-bond donors (Lipinski definition) is 3. The van der Waals surface area contributed by atoms with Crippen molar-refractivity contribution < 1.29 is 18.0 Å². The molecule has 0 aliphatic carbocycles. The number of carbonyl (C=O) groups excluding carboxylic acids is 1. The normalized spacial score (nSPS) is 11.2. The third-order valence-electron chi connectivity index (χ3n) is 2.83. The van der Waals surface area contributed by atoms with Crippen LogP contribution < -0.4 is 16.8 Å². The number of hydrogen-bond acceptors (Lipinski definition) is 3. The first-order valence-electron chi connectivity index (χ1n) is 5.91. The van der Waals surface area contributed by atoms with Crippen LogP contribution in [0.2, 0.25) is 0 Å². The van der Waals surface area contributed by atoms with Gasteiger partial charge in [0.1, 0.15) is 0 Å². The Labute approximate surface area is 118 Å². The van der Waals surface area contributed by atoms with Crippen molar-refractivity contribution in [1.82, 2.24) is 0 Å². The van der Waals surface area contributed by atoms with Gasteiger partial charge in [-0.25, -0.2) is 0 Å². The van der Waals surface area contributed by atoms with Gasteiger partial charge in [0.25, 0.3) is 0 Å². The van der Waals surface area contributed by atoms with E-state index in [2.05, 4.69) is 5.32 Å². The molecule has 0 spiro atoms. The van der Waals surface area contributed by atoms with Crippen molar-refractivity contribution >= 4 is 23.0 Å².